The molecule has 2 aromatic carbocycles. The summed E-state index contributed by atoms with van der Waals surface area (Å²) in [5.41, 5.74) is 2.56. The molecule has 1 aliphatic heterocycles. The van der Waals surface area contributed by atoms with Crippen molar-refractivity contribution in [3.05, 3.63) is 47.5 Å². The largest absolute Gasteiger partial charge is 0.454 e. The smallest absolute Gasteiger partial charge is 0.260 e. The van der Waals surface area contributed by atoms with Crippen LogP contribution in [0.5, 0.6) is 11.5 Å². The number of rotatable bonds is 7. The molecule has 3 aromatic rings. The van der Waals surface area contributed by atoms with Crippen molar-refractivity contribution in [3.63, 3.8) is 0 Å². The maximum atomic E-state index is 13.4. The van der Waals surface area contributed by atoms with E-state index in [1.165, 1.54) is 11.3 Å². The normalized spacial score (nSPS) is 12.7. The highest BCUT2D eigenvalue weighted by atomic mass is 32.1. The van der Waals surface area contributed by atoms with E-state index in [9.17, 15) is 4.79 Å². The van der Waals surface area contributed by atoms with E-state index >= 15 is 0 Å². The molecule has 1 amide bonds. The Labute approximate surface area is 174 Å². The first-order valence-corrected chi connectivity index (χ1v) is 10.7. The second kappa shape index (κ2) is 8.39. The Morgan fingerprint density at radius 3 is 2.59 bits per heavy atom. The van der Waals surface area contributed by atoms with E-state index < -0.39 is 0 Å². The third-order valence-electron chi connectivity index (χ3n) is 5.15. The van der Waals surface area contributed by atoms with Gasteiger partial charge in [-0.15, -0.1) is 0 Å². The Kier molecular flexibility index (Phi) is 5.69. The third kappa shape index (κ3) is 4.06. The molecule has 152 valence electrons. The van der Waals surface area contributed by atoms with Crippen LogP contribution < -0.4 is 14.4 Å². The Hall–Kier alpha value is -2.64. The number of anilines is 1. The zero-order valence-corrected chi connectivity index (χ0v) is 17.8. The first kappa shape index (κ1) is 19.7. The summed E-state index contributed by atoms with van der Waals surface area (Å²) in [6.45, 7) is 9.78. The number of thiazole rings is 1. The van der Waals surface area contributed by atoms with Crippen molar-refractivity contribution in [3.8, 4) is 11.5 Å². The number of amides is 1. The van der Waals surface area contributed by atoms with Gasteiger partial charge < -0.3 is 14.4 Å². The summed E-state index contributed by atoms with van der Waals surface area (Å²) in [6.07, 6.45) is 0. The lowest BCUT2D eigenvalue weighted by atomic mass is 10.1. The van der Waals surface area contributed by atoms with Gasteiger partial charge in [0.2, 0.25) is 6.79 Å². The molecule has 0 N–H and O–H groups in total. The molecule has 0 bridgehead atoms. The fourth-order valence-corrected chi connectivity index (χ4v) is 4.42. The molecule has 29 heavy (non-hydrogen) atoms. The third-order valence-corrected chi connectivity index (χ3v) is 6.19. The SMILES string of the molecule is CCN(CC)CCN(C(=O)c1cccc(C)c1)c1nc2cc3c(cc2s1)OCO3. The zero-order chi connectivity index (χ0) is 20.4. The molecule has 1 aromatic heterocycles. The van der Waals surface area contributed by atoms with Crippen LogP contribution in [0.4, 0.5) is 5.13 Å². The number of carbonyl (C=O) groups is 1. The number of aromatic nitrogens is 1. The number of likely N-dealkylation sites (N-methyl/N-ethyl adjacent to an activating group) is 1. The van der Waals surface area contributed by atoms with E-state index in [0.717, 1.165) is 41.2 Å². The van der Waals surface area contributed by atoms with Crippen molar-refractivity contribution in [2.75, 3.05) is 37.9 Å². The summed E-state index contributed by atoms with van der Waals surface area (Å²) < 4.78 is 11.9. The first-order valence-electron chi connectivity index (χ1n) is 9.90. The Morgan fingerprint density at radius 1 is 1.10 bits per heavy atom. The van der Waals surface area contributed by atoms with E-state index in [2.05, 4.69) is 18.7 Å². The second-order valence-electron chi connectivity index (χ2n) is 7.02. The number of ether oxygens (including phenoxy) is 2. The van der Waals surface area contributed by atoms with Crippen LogP contribution in [-0.4, -0.2) is 48.8 Å². The van der Waals surface area contributed by atoms with Gasteiger partial charge in [0.25, 0.3) is 5.91 Å². The predicted molar refractivity (Wildman–Crippen MR) is 116 cm³/mol. The van der Waals surface area contributed by atoms with E-state index in [0.29, 0.717) is 23.0 Å². The van der Waals surface area contributed by atoms with Crippen LogP contribution in [0, 0.1) is 6.92 Å². The number of carbonyl (C=O) groups excluding carboxylic acids is 1. The van der Waals surface area contributed by atoms with Crippen molar-refractivity contribution in [2.24, 2.45) is 0 Å². The van der Waals surface area contributed by atoms with Crippen LogP contribution in [0.1, 0.15) is 29.8 Å². The maximum Gasteiger partial charge on any atom is 0.260 e. The fourth-order valence-electron chi connectivity index (χ4n) is 3.42. The molecular formula is C22H25N3O3S. The van der Waals surface area contributed by atoms with E-state index in [4.69, 9.17) is 14.5 Å². The number of hydrogen-bond acceptors (Lipinski definition) is 6. The van der Waals surface area contributed by atoms with Crippen LogP contribution in [0.2, 0.25) is 0 Å². The van der Waals surface area contributed by atoms with Crippen LogP contribution >= 0.6 is 11.3 Å². The minimum absolute atomic E-state index is 0.0278. The number of fused-ring (bicyclic) bond motifs is 2. The first-order chi connectivity index (χ1) is 14.1. The fraction of sp³-hybridized carbons (Fsp3) is 0.364. The van der Waals surface area contributed by atoms with Crippen molar-refractivity contribution in [1.82, 2.24) is 9.88 Å². The minimum atomic E-state index is -0.0278. The number of benzene rings is 2. The van der Waals surface area contributed by atoms with Crippen LogP contribution in [0.3, 0.4) is 0 Å². The van der Waals surface area contributed by atoms with Gasteiger partial charge in [-0.1, -0.05) is 42.9 Å². The summed E-state index contributed by atoms with van der Waals surface area (Å²) in [6, 6.07) is 11.5. The molecule has 0 aliphatic carbocycles. The van der Waals surface area contributed by atoms with Crippen LogP contribution in [0.25, 0.3) is 10.2 Å². The number of hydrogen-bond donors (Lipinski definition) is 0. The zero-order valence-electron chi connectivity index (χ0n) is 17.0. The lowest BCUT2D eigenvalue weighted by molar-refractivity contribution is 0.0983. The lowest BCUT2D eigenvalue weighted by Crippen LogP contribution is -2.38. The molecule has 0 radical (unpaired) electrons. The van der Waals surface area contributed by atoms with Crippen molar-refractivity contribution >= 4 is 32.6 Å². The van der Waals surface area contributed by atoms with Gasteiger partial charge in [-0.2, -0.15) is 0 Å². The van der Waals surface area contributed by atoms with Crippen LogP contribution in [0.15, 0.2) is 36.4 Å². The summed E-state index contributed by atoms with van der Waals surface area (Å²) in [4.78, 5) is 22.2. The van der Waals surface area contributed by atoms with Gasteiger partial charge in [0.15, 0.2) is 16.6 Å². The van der Waals surface area contributed by atoms with Gasteiger partial charge in [-0.25, -0.2) is 4.98 Å². The lowest BCUT2D eigenvalue weighted by Gasteiger charge is -2.24. The highest BCUT2D eigenvalue weighted by Crippen LogP contribution is 2.40. The molecule has 0 saturated carbocycles. The average Bonchev–Trinajstić information content (AvgIpc) is 3.34. The maximum absolute atomic E-state index is 13.4. The van der Waals surface area contributed by atoms with E-state index in [1.807, 2.05) is 43.3 Å². The van der Waals surface area contributed by atoms with E-state index in [-0.39, 0.29) is 12.7 Å². The summed E-state index contributed by atoms with van der Waals surface area (Å²) in [5.74, 6) is 1.40. The molecule has 0 unspecified atom stereocenters. The van der Waals surface area contributed by atoms with Crippen molar-refractivity contribution < 1.29 is 14.3 Å². The van der Waals surface area contributed by atoms with Gasteiger partial charge in [0.1, 0.15) is 0 Å². The Morgan fingerprint density at radius 2 is 1.86 bits per heavy atom. The average molecular weight is 412 g/mol. The van der Waals surface area contributed by atoms with Gasteiger partial charge >= 0.3 is 0 Å². The monoisotopic (exact) mass is 411 g/mol. The molecule has 0 atom stereocenters. The Balaban J connectivity index is 1.69. The summed E-state index contributed by atoms with van der Waals surface area (Å²) in [7, 11) is 0. The number of aryl methyl sites for hydroxylation is 1. The highest BCUT2D eigenvalue weighted by molar-refractivity contribution is 7.22. The quantitative estimate of drug-likeness (QED) is 0.579. The van der Waals surface area contributed by atoms with E-state index in [1.54, 1.807) is 4.90 Å². The summed E-state index contributed by atoms with van der Waals surface area (Å²) >= 11 is 1.51. The van der Waals surface area contributed by atoms with Gasteiger partial charge in [-0.05, 0) is 32.1 Å². The van der Waals surface area contributed by atoms with Crippen LogP contribution in [-0.2, 0) is 0 Å². The predicted octanol–water partition coefficient (Wildman–Crippen LogP) is 4.32. The standard InChI is InChI=1S/C22H25N3O3S/c1-4-24(5-2)9-10-25(21(26)16-8-6-7-15(3)11-16)22-23-17-12-18-19(28-14-27-18)13-20(17)29-22/h6-8,11-13H,4-5,9-10,14H2,1-3H3. The Bertz CT molecular complexity index is 988. The van der Waals surface area contributed by atoms with Crippen molar-refractivity contribution in [2.45, 2.75) is 20.8 Å². The molecule has 0 fully saturated rings. The molecule has 0 spiro atoms. The van der Waals surface area contributed by atoms with Gasteiger partial charge in [0.05, 0.1) is 10.2 Å². The topological polar surface area (TPSA) is 54.9 Å². The molecular weight excluding hydrogens is 386 g/mol. The second-order valence-corrected chi connectivity index (χ2v) is 8.03. The minimum Gasteiger partial charge on any atom is -0.454 e. The van der Waals surface area contributed by atoms with Crippen molar-refractivity contribution in [1.29, 1.82) is 0 Å². The molecule has 4 rings (SSSR count). The van der Waals surface area contributed by atoms with Gasteiger partial charge in [0, 0.05) is 30.8 Å². The highest BCUT2D eigenvalue weighted by Gasteiger charge is 2.23. The molecule has 7 heteroatoms. The van der Waals surface area contributed by atoms with Gasteiger partial charge in [-0.3, -0.25) is 9.69 Å². The molecule has 1 aliphatic rings. The molecule has 0 saturated heterocycles. The molecule has 6 nitrogen and oxygen atoms in total. The number of nitrogens with zero attached hydrogens (tertiary/aromatic N) is 3. The molecule has 2 heterocycles. The summed E-state index contributed by atoms with van der Waals surface area (Å²) in [5, 5.41) is 0.697.